The largest absolute Gasteiger partial charge is 0.459 e. The van der Waals surface area contributed by atoms with Gasteiger partial charge >= 0.3 is 0 Å². The summed E-state index contributed by atoms with van der Waals surface area (Å²) in [5.41, 5.74) is 0.948. The normalized spacial score (nSPS) is 15.7. The predicted molar refractivity (Wildman–Crippen MR) is 87.6 cm³/mol. The molecule has 0 aliphatic carbocycles. The summed E-state index contributed by atoms with van der Waals surface area (Å²) in [6.45, 7) is 5.04. The zero-order valence-corrected chi connectivity index (χ0v) is 14.0. The van der Waals surface area contributed by atoms with E-state index in [9.17, 15) is 9.59 Å². The third-order valence-electron chi connectivity index (χ3n) is 4.14. The van der Waals surface area contributed by atoms with Crippen molar-refractivity contribution in [1.29, 1.82) is 0 Å². The summed E-state index contributed by atoms with van der Waals surface area (Å²) >= 11 is 1.49. The van der Waals surface area contributed by atoms with E-state index in [0.29, 0.717) is 36.8 Å². The van der Waals surface area contributed by atoms with Gasteiger partial charge in [0.2, 0.25) is 5.91 Å². The van der Waals surface area contributed by atoms with Crippen LogP contribution in [0.1, 0.15) is 34.0 Å². The van der Waals surface area contributed by atoms with E-state index in [0.717, 1.165) is 10.6 Å². The number of thiazole rings is 1. The summed E-state index contributed by atoms with van der Waals surface area (Å²) in [6.07, 6.45) is 2.80. The Hall–Kier alpha value is -2.15. The van der Waals surface area contributed by atoms with Crippen molar-refractivity contribution in [2.24, 2.45) is 5.92 Å². The molecule has 7 heteroatoms. The number of carbonyl (C=O) groups is 2. The molecule has 0 spiro atoms. The van der Waals surface area contributed by atoms with Crippen LogP contribution in [0.25, 0.3) is 0 Å². The number of hydrogen-bond acceptors (Lipinski definition) is 5. The molecule has 1 aliphatic rings. The van der Waals surface area contributed by atoms with Gasteiger partial charge in [0.25, 0.3) is 5.91 Å². The van der Waals surface area contributed by atoms with E-state index in [1.165, 1.54) is 17.6 Å². The zero-order valence-electron chi connectivity index (χ0n) is 13.2. The number of amides is 2. The Morgan fingerprint density at radius 1 is 1.35 bits per heavy atom. The highest BCUT2D eigenvalue weighted by molar-refractivity contribution is 7.15. The number of furan rings is 1. The Balaban J connectivity index is 1.54. The van der Waals surface area contributed by atoms with Crippen molar-refractivity contribution in [1.82, 2.24) is 9.88 Å². The zero-order chi connectivity index (χ0) is 16.4. The number of nitrogens with one attached hydrogen (secondary N) is 1. The first-order valence-corrected chi connectivity index (χ1v) is 8.44. The second-order valence-corrected chi connectivity index (χ2v) is 6.90. The fourth-order valence-electron chi connectivity index (χ4n) is 2.63. The van der Waals surface area contributed by atoms with Crippen LogP contribution in [0.4, 0.5) is 5.13 Å². The van der Waals surface area contributed by atoms with Gasteiger partial charge in [0.15, 0.2) is 10.9 Å². The first-order chi connectivity index (χ1) is 11.0. The van der Waals surface area contributed by atoms with Gasteiger partial charge in [-0.25, -0.2) is 4.98 Å². The number of carbonyl (C=O) groups excluding carboxylic acids is 2. The maximum atomic E-state index is 12.3. The number of aromatic nitrogens is 1. The van der Waals surface area contributed by atoms with Crippen molar-refractivity contribution in [3.63, 3.8) is 0 Å². The molecular formula is C16H19N3O3S. The first-order valence-electron chi connectivity index (χ1n) is 7.62. The molecule has 1 saturated heterocycles. The monoisotopic (exact) mass is 333 g/mol. The number of anilines is 1. The summed E-state index contributed by atoms with van der Waals surface area (Å²) < 4.78 is 5.14. The van der Waals surface area contributed by atoms with Crippen LogP contribution < -0.4 is 5.32 Å². The topological polar surface area (TPSA) is 75.4 Å². The standard InChI is InChI=1S/C16H19N3O3S/c1-10-11(2)23-16(17-10)18-14(20)12-5-7-19(8-6-12)15(21)13-4-3-9-22-13/h3-4,9,12H,5-8H2,1-2H3,(H,17,18,20). The Morgan fingerprint density at radius 2 is 2.09 bits per heavy atom. The molecule has 0 aromatic carbocycles. The van der Waals surface area contributed by atoms with Crippen LogP contribution in [0.3, 0.4) is 0 Å². The van der Waals surface area contributed by atoms with Gasteiger partial charge in [-0.1, -0.05) is 0 Å². The van der Waals surface area contributed by atoms with Crippen LogP contribution >= 0.6 is 11.3 Å². The minimum atomic E-state index is -0.111. The molecule has 6 nitrogen and oxygen atoms in total. The molecule has 2 amide bonds. The Bertz CT molecular complexity index is 681. The smallest absolute Gasteiger partial charge is 0.289 e. The summed E-state index contributed by atoms with van der Waals surface area (Å²) in [6, 6.07) is 3.36. The molecule has 0 atom stereocenters. The first kappa shape index (κ1) is 15.7. The highest BCUT2D eigenvalue weighted by Gasteiger charge is 2.29. The second-order valence-electron chi connectivity index (χ2n) is 5.69. The molecule has 1 fully saturated rings. The number of hydrogen-bond donors (Lipinski definition) is 1. The van der Waals surface area contributed by atoms with E-state index >= 15 is 0 Å². The Kier molecular flexibility index (Phi) is 4.47. The van der Waals surface area contributed by atoms with Crippen molar-refractivity contribution in [3.05, 3.63) is 34.7 Å². The van der Waals surface area contributed by atoms with Crippen LogP contribution in [0.2, 0.25) is 0 Å². The lowest BCUT2D eigenvalue weighted by Crippen LogP contribution is -2.41. The predicted octanol–water partition coefficient (Wildman–Crippen LogP) is 2.84. The fourth-order valence-corrected chi connectivity index (χ4v) is 3.45. The molecule has 2 aromatic rings. The molecule has 0 radical (unpaired) electrons. The average molecular weight is 333 g/mol. The molecule has 1 aliphatic heterocycles. The fraction of sp³-hybridized carbons (Fsp3) is 0.438. The highest BCUT2D eigenvalue weighted by Crippen LogP contribution is 2.24. The number of nitrogens with zero attached hydrogens (tertiary/aromatic N) is 2. The maximum absolute atomic E-state index is 12.3. The third-order valence-corrected chi connectivity index (χ3v) is 5.13. The van der Waals surface area contributed by atoms with Crippen LogP contribution in [-0.2, 0) is 4.79 Å². The number of piperidine rings is 1. The van der Waals surface area contributed by atoms with Gasteiger partial charge in [-0.3, -0.25) is 9.59 Å². The second kappa shape index (κ2) is 6.54. The van der Waals surface area contributed by atoms with Crippen LogP contribution in [-0.4, -0.2) is 34.8 Å². The summed E-state index contributed by atoms with van der Waals surface area (Å²) in [5, 5.41) is 3.54. The third kappa shape index (κ3) is 3.44. The van der Waals surface area contributed by atoms with Crippen molar-refractivity contribution in [2.75, 3.05) is 18.4 Å². The molecule has 0 bridgehead atoms. The van der Waals surface area contributed by atoms with Gasteiger partial charge in [-0.15, -0.1) is 11.3 Å². The minimum Gasteiger partial charge on any atom is -0.459 e. The van der Waals surface area contributed by atoms with Gasteiger partial charge < -0.3 is 14.6 Å². The lowest BCUT2D eigenvalue weighted by molar-refractivity contribution is -0.121. The Labute approximate surface area is 138 Å². The van der Waals surface area contributed by atoms with Crippen LogP contribution in [0.5, 0.6) is 0 Å². The Morgan fingerprint density at radius 3 is 2.65 bits per heavy atom. The van der Waals surface area contributed by atoms with Crippen molar-refractivity contribution in [3.8, 4) is 0 Å². The van der Waals surface area contributed by atoms with E-state index in [-0.39, 0.29) is 17.7 Å². The van der Waals surface area contributed by atoms with Crippen LogP contribution in [0.15, 0.2) is 22.8 Å². The molecule has 0 saturated carbocycles. The molecule has 1 N–H and O–H groups in total. The van der Waals surface area contributed by atoms with Crippen LogP contribution in [0, 0.1) is 19.8 Å². The molecule has 0 unspecified atom stereocenters. The SMILES string of the molecule is Cc1nc(NC(=O)C2CCN(C(=O)c3ccco3)CC2)sc1C. The van der Waals surface area contributed by atoms with Gasteiger partial charge in [-0.05, 0) is 38.8 Å². The van der Waals surface area contributed by atoms with Gasteiger partial charge in [0.05, 0.1) is 12.0 Å². The molecule has 23 heavy (non-hydrogen) atoms. The molecule has 3 heterocycles. The molecule has 122 valence electrons. The van der Waals surface area contributed by atoms with Gasteiger partial charge in [-0.2, -0.15) is 0 Å². The highest BCUT2D eigenvalue weighted by atomic mass is 32.1. The molecule has 2 aromatic heterocycles. The van der Waals surface area contributed by atoms with E-state index < -0.39 is 0 Å². The molecule has 3 rings (SSSR count). The van der Waals surface area contributed by atoms with E-state index in [2.05, 4.69) is 10.3 Å². The van der Waals surface area contributed by atoms with Crippen molar-refractivity contribution in [2.45, 2.75) is 26.7 Å². The number of likely N-dealkylation sites (tertiary alicyclic amines) is 1. The van der Waals surface area contributed by atoms with E-state index in [4.69, 9.17) is 4.42 Å². The number of aryl methyl sites for hydroxylation is 2. The summed E-state index contributed by atoms with van der Waals surface area (Å²) in [4.78, 5) is 31.7. The van der Waals surface area contributed by atoms with Crippen molar-refractivity contribution >= 4 is 28.3 Å². The van der Waals surface area contributed by atoms with E-state index in [1.807, 2.05) is 13.8 Å². The van der Waals surface area contributed by atoms with Gasteiger partial charge in [0.1, 0.15) is 0 Å². The maximum Gasteiger partial charge on any atom is 0.289 e. The molecular weight excluding hydrogens is 314 g/mol. The minimum absolute atomic E-state index is 0.0103. The van der Waals surface area contributed by atoms with Crippen molar-refractivity contribution < 1.29 is 14.0 Å². The quantitative estimate of drug-likeness (QED) is 0.937. The lowest BCUT2D eigenvalue weighted by Gasteiger charge is -2.30. The number of rotatable bonds is 3. The van der Waals surface area contributed by atoms with E-state index in [1.54, 1.807) is 17.0 Å². The summed E-state index contributed by atoms with van der Waals surface area (Å²) in [7, 11) is 0. The lowest BCUT2D eigenvalue weighted by atomic mass is 9.96. The van der Waals surface area contributed by atoms with Gasteiger partial charge in [0, 0.05) is 23.9 Å². The average Bonchev–Trinajstić information content (AvgIpc) is 3.17. The summed E-state index contributed by atoms with van der Waals surface area (Å²) in [5.74, 6) is 0.144.